The van der Waals surface area contributed by atoms with Crippen LogP contribution in [0.1, 0.15) is 19.4 Å². The maximum atomic E-state index is 11.8. The van der Waals surface area contributed by atoms with E-state index in [4.69, 9.17) is 25.9 Å². The Hall–Kier alpha value is -2.73. The summed E-state index contributed by atoms with van der Waals surface area (Å²) in [7, 11) is 0. The number of nitrogens with zero attached hydrogens (tertiary/aromatic N) is 1. The Balaban J connectivity index is 1.86. The van der Waals surface area contributed by atoms with Gasteiger partial charge in [0, 0.05) is 16.3 Å². The molecule has 0 aromatic heterocycles. The number of hydrogen-bond donors (Lipinski definition) is 1. The van der Waals surface area contributed by atoms with Gasteiger partial charge in [-0.25, -0.2) is 0 Å². The van der Waals surface area contributed by atoms with Crippen molar-refractivity contribution in [3.63, 3.8) is 0 Å². The van der Waals surface area contributed by atoms with Crippen LogP contribution < -0.4 is 14.8 Å². The van der Waals surface area contributed by atoms with E-state index < -0.39 is 0 Å². The fourth-order valence-corrected chi connectivity index (χ4v) is 2.20. The maximum Gasteiger partial charge on any atom is 0.265 e. The van der Waals surface area contributed by atoms with E-state index in [1.807, 2.05) is 26.0 Å². The highest BCUT2D eigenvalue weighted by Crippen LogP contribution is 2.28. The van der Waals surface area contributed by atoms with Crippen molar-refractivity contribution in [2.75, 3.05) is 25.1 Å². The fourth-order valence-electron chi connectivity index (χ4n) is 2.07. The second-order valence-corrected chi connectivity index (χ2v) is 5.57. The van der Waals surface area contributed by atoms with Crippen LogP contribution in [-0.2, 0) is 9.63 Å². The van der Waals surface area contributed by atoms with Crippen molar-refractivity contribution in [3.8, 4) is 11.5 Å². The summed E-state index contributed by atoms with van der Waals surface area (Å²) in [5.41, 5.74) is 1.41. The summed E-state index contributed by atoms with van der Waals surface area (Å²) in [5, 5.41) is 7.10. The van der Waals surface area contributed by atoms with E-state index in [2.05, 4.69) is 10.5 Å². The number of hydrogen-bond acceptors (Lipinski definition) is 5. The van der Waals surface area contributed by atoms with E-state index in [0.717, 1.165) is 5.56 Å². The molecule has 1 N–H and O–H groups in total. The molecule has 0 atom stereocenters. The standard InChI is InChI=1S/C19H21ClN2O4/c1-3-24-17-10-5-14(11-18(17)25-4-2)12-21-26-13-19(23)22-16-8-6-15(20)7-9-16/h5-12H,3-4,13H2,1-2H3,(H,22,23). The Morgan fingerprint density at radius 2 is 1.77 bits per heavy atom. The van der Waals surface area contributed by atoms with Crippen LogP contribution in [0.3, 0.4) is 0 Å². The summed E-state index contributed by atoms with van der Waals surface area (Å²) in [5.74, 6) is 1.000. The number of oxime groups is 1. The van der Waals surface area contributed by atoms with E-state index in [1.165, 1.54) is 6.21 Å². The number of carbonyl (C=O) groups is 1. The monoisotopic (exact) mass is 376 g/mol. The highest BCUT2D eigenvalue weighted by molar-refractivity contribution is 6.30. The smallest absolute Gasteiger partial charge is 0.265 e. The number of ether oxygens (including phenoxy) is 2. The van der Waals surface area contributed by atoms with Gasteiger partial charge >= 0.3 is 0 Å². The topological polar surface area (TPSA) is 69.2 Å². The van der Waals surface area contributed by atoms with E-state index >= 15 is 0 Å². The Bertz CT molecular complexity index is 748. The van der Waals surface area contributed by atoms with E-state index in [1.54, 1.807) is 30.3 Å². The zero-order valence-electron chi connectivity index (χ0n) is 14.7. The van der Waals surface area contributed by atoms with Gasteiger partial charge in [-0.1, -0.05) is 16.8 Å². The molecule has 26 heavy (non-hydrogen) atoms. The zero-order valence-corrected chi connectivity index (χ0v) is 15.5. The van der Waals surface area contributed by atoms with Crippen molar-refractivity contribution in [1.29, 1.82) is 0 Å². The third kappa shape index (κ3) is 6.29. The molecule has 0 saturated heterocycles. The Morgan fingerprint density at radius 3 is 2.46 bits per heavy atom. The van der Waals surface area contributed by atoms with E-state index in [0.29, 0.717) is 35.4 Å². The highest BCUT2D eigenvalue weighted by Gasteiger charge is 2.06. The third-order valence-electron chi connectivity index (χ3n) is 3.17. The number of halogens is 1. The summed E-state index contributed by atoms with van der Waals surface area (Å²) >= 11 is 5.79. The average molecular weight is 377 g/mol. The molecule has 2 aromatic rings. The van der Waals surface area contributed by atoms with Crippen molar-refractivity contribution in [1.82, 2.24) is 0 Å². The number of rotatable bonds is 9. The summed E-state index contributed by atoms with van der Waals surface area (Å²) < 4.78 is 11.1. The van der Waals surface area contributed by atoms with Crippen LogP contribution in [0.2, 0.25) is 5.02 Å². The number of carbonyl (C=O) groups excluding carboxylic acids is 1. The molecule has 0 saturated carbocycles. The van der Waals surface area contributed by atoms with Gasteiger partial charge in [0.1, 0.15) is 0 Å². The Kier molecular flexibility index (Phi) is 7.76. The normalized spacial score (nSPS) is 10.6. The molecule has 1 amide bonds. The molecule has 0 unspecified atom stereocenters. The predicted molar refractivity (Wildman–Crippen MR) is 102 cm³/mol. The molecule has 0 heterocycles. The van der Waals surface area contributed by atoms with E-state index in [-0.39, 0.29) is 12.5 Å². The molecule has 0 fully saturated rings. The first-order valence-electron chi connectivity index (χ1n) is 8.22. The maximum absolute atomic E-state index is 11.8. The van der Waals surface area contributed by atoms with E-state index in [9.17, 15) is 4.79 Å². The molecule has 138 valence electrons. The first kappa shape index (κ1) is 19.6. The first-order valence-corrected chi connectivity index (χ1v) is 8.60. The van der Waals surface area contributed by atoms with Crippen LogP contribution in [-0.4, -0.2) is 31.9 Å². The van der Waals surface area contributed by atoms with Crippen molar-refractivity contribution >= 4 is 29.4 Å². The molecule has 0 spiro atoms. The van der Waals surface area contributed by atoms with Crippen LogP contribution in [0.4, 0.5) is 5.69 Å². The molecule has 2 rings (SSSR count). The zero-order chi connectivity index (χ0) is 18.8. The second-order valence-electron chi connectivity index (χ2n) is 5.14. The van der Waals surface area contributed by atoms with Gasteiger partial charge in [-0.15, -0.1) is 0 Å². The highest BCUT2D eigenvalue weighted by atomic mass is 35.5. The minimum atomic E-state index is -0.314. The van der Waals surface area contributed by atoms with Crippen molar-refractivity contribution in [3.05, 3.63) is 53.1 Å². The summed E-state index contributed by atoms with van der Waals surface area (Å²) in [6.45, 7) is 4.70. The number of nitrogens with one attached hydrogen (secondary N) is 1. The lowest BCUT2D eigenvalue weighted by atomic mass is 10.2. The van der Waals surface area contributed by atoms with Gasteiger partial charge in [-0.2, -0.15) is 0 Å². The average Bonchev–Trinajstić information content (AvgIpc) is 2.63. The molecule has 0 aliphatic carbocycles. The Morgan fingerprint density at radius 1 is 1.08 bits per heavy atom. The summed E-state index contributed by atoms with van der Waals surface area (Å²) in [6, 6.07) is 12.2. The lowest BCUT2D eigenvalue weighted by Crippen LogP contribution is -2.16. The minimum absolute atomic E-state index is 0.200. The van der Waals surface area contributed by atoms with Crippen molar-refractivity contribution in [2.24, 2.45) is 5.16 Å². The molecule has 0 radical (unpaired) electrons. The van der Waals surface area contributed by atoms with Gasteiger partial charge in [-0.3, -0.25) is 4.79 Å². The van der Waals surface area contributed by atoms with Crippen LogP contribution in [0.25, 0.3) is 0 Å². The Labute approximate surface area is 157 Å². The molecule has 0 aliphatic heterocycles. The van der Waals surface area contributed by atoms with Gasteiger partial charge in [0.15, 0.2) is 18.1 Å². The van der Waals surface area contributed by atoms with Gasteiger partial charge in [0.25, 0.3) is 5.91 Å². The largest absolute Gasteiger partial charge is 0.490 e. The van der Waals surface area contributed by atoms with Crippen LogP contribution in [0.15, 0.2) is 47.6 Å². The van der Waals surface area contributed by atoms with Gasteiger partial charge in [0.2, 0.25) is 0 Å². The third-order valence-corrected chi connectivity index (χ3v) is 3.42. The lowest BCUT2D eigenvalue weighted by Gasteiger charge is -2.11. The molecule has 0 bridgehead atoms. The van der Waals surface area contributed by atoms with Gasteiger partial charge < -0.3 is 19.6 Å². The van der Waals surface area contributed by atoms with Gasteiger partial charge in [-0.05, 0) is 56.3 Å². The van der Waals surface area contributed by atoms with Gasteiger partial charge in [0.05, 0.1) is 19.4 Å². The predicted octanol–water partition coefficient (Wildman–Crippen LogP) is 4.13. The SMILES string of the molecule is CCOc1ccc(C=NOCC(=O)Nc2ccc(Cl)cc2)cc1OCC. The summed E-state index contributed by atoms with van der Waals surface area (Å²) in [4.78, 5) is 16.8. The lowest BCUT2D eigenvalue weighted by molar-refractivity contribution is -0.120. The minimum Gasteiger partial charge on any atom is -0.490 e. The molecular weight excluding hydrogens is 356 g/mol. The summed E-state index contributed by atoms with van der Waals surface area (Å²) in [6.07, 6.45) is 1.51. The van der Waals surface area contributed by atoms with Crippen LogP contribution in [0, 0.1) is 0 Å². The van der Waals surface area contributed by atoms with Crippen molar-refractivity contribution in [2.45, 2.75) is 13.8 Å². The first-order chi connectivity index (χ1) is 12.6. The number of amides is 1. The number of anilines is 1. The van der Waals surface area contributed by atoms with Crippen molar-refractivity contribution < 1.29 is 19.1 Å². The quantitative estimate of drug-likeness (QED) is 0.527. The second kappa shape index (κ2) is 10.3. The molecule has 2 aromatic carbocycles. The number of benzene rings is 2. The molecule has 6 nitrogen and oxygen atoms in total. The molecular formula is C19H21ClN2O4. The molecule has 0 aliphatic rings. The molecule has 7 heteroatoms. The fraction of sp³-hybridized carbons (Fsp3) is 0.263. The van der Waals surface area contributed by atoms with Crippen LogP contribution in [0.5, 0.6) is 11.5 Å². The van der Waals surface area contributed by atoms with Crippen LogP contribution >= 0.6 is 11.6 Å².